The van der Waals surface area contributed by atoms with Crippen molar-refractivity contribution in [2.24, 2.45) is 10.8 Å². The Balaban J connectivity index is 1.60. The lowest BCUT2D eigenvalue weighted by molar-refractivity contribution is -0.120. The molecule has 3 aliphatic rings. The first-order chi connectivity index (χ1) is 17.1. The first-order valence-electron chi connectivity index (χ1n) is 12.9. The van der Waals surface area contributed by atoms with Crippen molar-refractivity contribution in [3.05, 3.63) is 94.6 Å². The second-order valence-electron chi connectivity index (χ2n) is 12.3. The molecule has 2 aliphatic carbocycles. The van der Waals surface area contributed by atoms with Crippen molar-refractivity contribution >= 4 is 22.5 Å². The Morgan fingerprint density at radius 1 is 0.778 bits per heavy atom. The van der Waals surface area contributed by atoms with Gasteiger partial charge in [-0.25, -0.2) is 0 Å². The number of benzene rings is 2. The molecule has 0 bridgehead atoms. The van der Waals surface area contributed by atoms with Crippen LogP contribution in [0.5, 0.6) is 0 Å². The molecular formula is C32H33NO3. The summed E-state index contributed by atoms with van der Waals surface area (Å²) in [6.45, 7) is 9.17. The van der Waals surface area contributed by atoms with Crippen molar-refractivity contribution in [3.63, 3.8) is 0 Å². The summed E-state index contributed by atoms with van der Waals surface area (Å²) >= 11 is 0. The van der Waals surface area contributed by atoms with Gasteiger partial charge in [0.25, 0.3) is 0 Å². The van der Waals surface area contributed by atoms with E-state index >= 15 is 0 Å². The Morgan fingerprint density at radius 2 is 1.33 bits per heavy atom. The number of hydrogen-bond acceptors (Lipinski definition) is 3. The minimum atomic E-state index is -0.396. The Labute approximate surface area is 212 Å². The minimum absolute atomic E-state index is 0.104. The third-order valence-corrected chi connectivity index (χ3v) is 7.90. The van der Waals surface area contributed by atoms with Gasteiger partial charge >= 0.3 is 0 Å². The first-order valence-corrected chi connectivity index (χ1v) is 12.9. The molecule has 36 heavy (non-hydrogen) atoms. The van der Waals surface area contributed by atoms with Crippen LogP contribution < -0.4 is 0 Å². The number of carbonyl (C=O) groups excluding carboxylic acids is 2. The van der Waals surface area contributed by atoms with Crippen LogP contribution in [0.1, 0.15) is 70.6 Å². The SMILES string of the molecule is CC1(C)CC(=O)C2=C(C1)OC1=C(C(=O)CC(C)(C)C1)C2c1cc2ccccc2n1Cc1ccccc1. The molecule has 2 aromatic carbocycles. The van der Waals surface area contributed by atoms with E-state index in [1.165, 1.54) is 5.56 Å². The van der Waals surface area contributed by atoms with Crippen molar-refractivity contribution in [2.45, 2.75) is 65.8 Å². The van der Waals surface area contributed by atoms with E-state index in [0.717, 1.165) is 28.1 Å². The molecule has 1 aliphatic heterocycles. The lowest BCUT2D eigenvalue weighted by atomic mass is 9.66. The topological polar surface area (TPSA) is 48.3 Å². The standard InChI is InChI=1S/C32H33NO3/c1-31(2)15-24(34)29-26(17-31)36-27-18-32(3,4)16-25(35)30(27)28(29)23-14-21-12-8-9-13-22(21)33(23)19-20-10-6-5-7-11-20/h5-14,28H,15-19H2,1-4H3. The van der Waals surface area contributed by atoms with Gasteiger partial charge in [-0.2, -0.15) is 0 Å². The van der Waals surface area contributed by atoms with E-state index in [9.17, 15) is 9.59 Å². The van der Waals surface area contributed by atoms with Crippen LogP contribution in [0, 0.1) is 10.8 Å². The number of Topliss-reactive ketones (excluding diaryl/α,β-unsaturated/α-hetero) is 2. The summed E-state index contributed by atoms with van der Waals surface area (Å²) in [4.78, 5) is 27.5. The summed E-state index contributed by atoms with van der Waals surface area (Å²) in [5.74, 6) is 1.34. The lowest BCUT2D eigenvalue weighted by Gasteiger charge is -2.42. The summed E-state index contributed by atoms with van der Waals surface area (Å²) in [7, 11) is 0. The maximum absolute atomic E-state index is 13.7. The average molecular weight is 480 g/mol. The summed E-state index contributed by atoms with van der Waals surface area (Å²) in [6, 6.07) is 20.9. The molecule has 0 amide bonds. The Kier molecular flexibility index (Phi) is 5.15. The molecule has 4 nitrogen and oxygen atoms in total. The number of hydrogen-bond donors (Lipinski definition) is 0. The molecule has 3 aromatic rings. The maximum atomic E-state index is 13.7. The van der Waals surface area contributed by atoms with Crippen LogP contribution in [0.2, 0.25) is 0 Å². The fourth-order valence-electron chi connectivity index (χ4n) is 6.38. The van der Waals surface area contributed by atoms with E-state index in [0.29, 0.717) is 43.4 Å². The van der Waals surface area contributed by atoms with Crippen LogP contribution in [-0.2, 0) is 20.9 Å². The van der Waals surface area contributed by atoms with E-state index < -0.39 is 5.92 Å². The van der Waals surface area contributed by atoms with E-state index in [4.69, 9.17) is 4.74 Å². The Bertz CT molecular complexity index is 1410. The van der Waals surface area contributed by atoms with E-state index in [1.807, 2.05) is 12.1 Å². The third kappa shape index (κ3) is 3.84. The van der Waals surface area contributed by atoms with Crippen molar-refractivity contribution < 1.29 is 14.3 Å². The number of aromatic nitrogens is 1. The quantitative estimate of drug-likeness (QED) is 0.403. The van der Waals surface area contributed by atoms with Gasteiger partial charge in [0.15, 0.2) is 11.6 Å². The molecule has 0 fully saturated rings. The second-order valence-corrected chi connectivity index (χ2v) is 12.3. The van der Waals surface area contributed by atoms with Gasteiger partial charge in [-0.05, 0) is 33.9 Å². The van der Waals surface area contributed by atoms with Crippen LogP contribution in [0.15, 0.2) is 83.3 Å². The second kappa shape index (κ2) is 8.06. The predicted octanol–water partition coefficient (Wildman–Crippen LogP) is 7.09. The first kappa shape index (κ1) is 23.0. The number of ether oxygens (including phenoxy) is 1. The van der Waals surface area contributed by atoms with Gasteiger partial charge in [0, 0.05) is 54.6 Å². The Morgan fingerprint density at radius 3 is 1.94 bits per heavy atom. The van der Waals surface area contributed by atoms with Gasteiger partial charge in [0.2, 0.25) is 0 Å². The normalized spacial score (nSPS) is 21.4. The molecule has 1 aromatic heterocycles. The van der Waals surface area contributed by atoms with Gasteiger partial charge in [0.05, 0.1) is 5.92 Å². The number of rotatable bonds is 3. The van der Waals surface area contributed by atoms with Crippen molar-refractivity contribution in [1.82, 2.24) is 4.57 Å². The van der Waals surface area contributed by atoms with Gasteiger partial charge < -0.3 is 9.30 Å². The van der Waals surface area contributed by atoms with Gasteiger partial charge in [-0.1, -0.05) is 76.2 Å². The van der Waals surface area contributed by atoms with Gasteiger partial charge in [-0.3, -0.25) is 9.59 Å². The zero-order valence-corrected chi connectivity index (χ0v) is 21.6. The molecule has 2 heterocycles. The number of para-hydroxylation sites is 1. The molecular weight excluding hydrogens is 446 g/mol. The maximum Gasteiger partial charge on any atom is 0.163 e. The number of allylic oxidation sites excluding steroid dienone is 4. The third-order valence-electron chi connectivity index (χ3n) is 7.90. The van der Waals surface area contributed by atoms with Crippen molar-refractivity contribution in [3.8, 4) is 0 Å². The molecule has 0 atom stereocenters. The highest BCUT2D eigenvalue weighted by atomic mass is 16.5. The highest BCUT2D eigenvalue weighted by Crippen LogP contribution is 2.53. The van der Waals surface area contributed by atoms with Gasteiger partial charge in [0.1, 0.15) is 11.5 Å². The number of nitrogens with zero attached hydrogens (tertiary/aromatic N) is 1. The van der Waals surface area contributed by atoms with Crippen LogP contribution in [-0.4, -0.2) is 16.1 Å². The largest absolute Gasteiger partial charge is 0.465 e. The molecule has 0 unspecified atom stereocenters. The molecule has 0 saturated heterocycles. The number of fused-ring (bicyclic) bond motifs is 1. The summed E-state index contributed by atoms with van der Waals surface area (Å²) in [5.41, 5.74) is 4.36. The molecule has 0 spiro atoms. The highest BCUT2D eigenvalue weighted by molar-refractivity contribution is 6.06. The zero-order chi connectivity index (χ0) is 25.2. The highest BCUT2D eigenvalue weighted by Gasteiger charge is 2.48. The van der Waals surface area contributed by atoms with E-state index in [-0.39, 0.29) is 22.4 Å². The summed E-state index contributed by atoms with van der Waals surface area (Å²) < 4.78 is 8.80. The van der Waals surface area contributed by atoms with Crippen LogP contribution in [0.4, 0.5) is 0 Å². The molecule has 0 N–H and O–H groups in total. The van der Waals surface area contributed by atoms with Crippen LogP contribution in [0.3, 0.4) is 0 Å². The molecule has 0 saturated carbocycles. The molecule has 184 valence electrons. The van der Waals surface area contributed by atoms with Gasteiger partial charge in [-0.15, -0.1) is 0 Å². The molecule has 4 heteroatoms. The van der Waals surface area contributed by atoms with Crippen LogP contribution >= 0.6 is 0 Å². The smallest absolute Gasteiger partial charge is 0.163 e. The predicted molar refractivity (Wildman–Crippen MR) is 141 cm³/mol. The lowest BCUT2D eigenvalue weighted by Crippen LogP contribution is -2.38. The summed E-state index contributed by atoms with van der Waals surface area (Å²) in [5, 5.41) is 1.12. The fourth-order valence-corrected chi connectivity index (χ4v) is 6.38. The van der Waals surface area contributed by atoms with Crippen molar-refractivity contribution in [2.75, 3.05) is 0 Å². The van der Waals surface area contributed by atoms with Crippen molar-refractivity contribution in [1.29, 1.82) is 0 Å². The van der Waals surface area contributed by atoms with Crippen LogP contribution in [0.25, 0.3) is 10.9 Å². The van der Waals surface area contributed by atoms with E-state index in [1.54, 1.807) is 0 Å². The molecule has 6 rings (SSSR count). The molecule has 0 radical (unpaired) electrons. The zero-order valence-electron chi connectivity index (χ0n) is 21.6. The number of carbonyl (C=O) groups is 2. The minimum Gasteiger partial charge on any atom is -0.465 e. The Hall–Kier alpha value is -3.40. The fraction of sp³-hybridized carbons (Fsp3) is 0.375. The van der Waals surface area contributed by atoms with E-state index in [2.05, 4.69) is 80.8 Å². The average Bonchev–Trinajstić information content (AvgIpc) is 3.15. The summed E-state index contributed by atoms with van der Waals surface area (Å²) in [6.07, 6.45) is 2.34. The monoisotopic (exact) mass is 479 g/mol. The number of ketones is 2.